The minimum absolute atomic E-state index is 0.00860. The average molecular weight is 353 g/mol. The molecule has 3 atom stereocenters. The molecule has 3 amide bonds. The Balaban J connectivity index is 1.77. The molecular weight excluding hydrogens is 316 g/mol. The summed E-state index contributed by atoms with van der Waals surface area (Å²) in [7, 11) is 0. The van der Waals surface area contributed by atoms with Crippen LogP contribution >= 0.6 is 0 Å². The number of amides is 3. The molecule has 25 heavy (non-hydrogen) atoms. The minimum Gasteiger partial charge on any atom is -0.353 e. The van der Waals surface area contributed by atoms with Crippen LogP contribution < -0.4 is 16.4 Å². The third kappa shape index (κ3) is 6.49. The van der Waals surface area contributed by atoms with Gasteiger partial charge < -0.3 is 21.3 Å². The maximum absolute atomic E-state index is 12.5. The molecule has 3 unspecified atom stereocenters. The predicted molar refractivity (Wildman–Crippen MR) is 100 cm³/mol. The lowest BCUT2D eigenvalue weighted by molar-refractivity contribution is -0.123. The number of nitrogens with one attached hydrogen (secondary N) is 2. The van der Waals surface area contributed by atoms with E-state index in [1.54, 1.807) is 0 Å². The Hall–Kier alpha value is -1.30. The largest absolute Gasteiger partial charge is 0.353 e. The summed E-state index contributed by atoms with van der Waals surface area (Å²) in [6.45, 7) is 7.00. The highest BCUT2D eigenvalue weighted by molar-refractivity contribution is 5.77. The van der Waals surface area contributed by atoms with Crippen LogP contribution in [0.15, 0.2) is 0 Å². The van der Waals surface area contributed by atoms with Crippen molar-refractivity contribution in [2.24, 2.45) is 23.5 Å². The summed E-state index contributed by atoms with van der Waals surface area (Å²) in [4.78, 5) is 26.6. The van der Waals surface area contributed by atoms with E-state index in [0.717, 1.165) is 32.2 Å². The molecule has 0 radical (unpaired) electrons. The van der Waals surface area contributed by atoms with Crippen LogP contribution in [0.3, 0.4) is 0 Å². The molecule has 1 saturated heterocycles. The molecular formula is C19H36N4O2. The number of likely N-dealkylation sites (tertiary alicyclic amines) is 1. The molecule has 0 aromatic carbocycles. The van der Waals surface area contributed by atoms with Gasteiger partial charge in [0.2, 0.25) is 5.91 Å². The Morgan fingerprint density at radius 2 is 1.92 bits per heavy atom. The third-order valence-corrected chi connectivity index (χ3v) is 5.50. The van der Waals surface area contributed by atoms with Crippen LogP contribution in [0.1, 0.15) is 58.8 Å². The van der Waals surface area contributed by atoms with Crippen molar-refractivity contribution in [3.63, 3.8) is 0 Å². The van der Waals surface area contributed by atoms with E-state index < -0.39 is 0 Å². The molecule has 2 rings (SSSR count). The summed E-state index contributed by atoms with van der Waals surface area (Å²) in [6, 6.07) is 0.245. The van der Waals surface area contributed by atoms with Gasteiger partial charge in [0.1, 0.15) is 0 Å². The van der Waals surface area contributed by atoms with Crippen molar-refractivity contribution in [1.29, 1.82) is 0 Å². The normalized spacial score (nSPS) is 27.2. The monoisotopic (exact) mass is 352 g/mol. The zero-order valence-corrected chi connectivity index (χ0v) is 15.9. The number of carbonyl (C=O) groups excluding carboxylic acids is 2. The zero-order valence-electron chi connectivity index (χ0n) is 15.9. The van der Waals surface area contributed by atoms with Gasteiger partial charge >= 0.3 is 6.03 Å². The van der Waals surface area contributed by atoms with E-state index in [0.29, 0.717) is 37.9 Å². The number of rotatable bonds is 6. The maximum atomic E-state index is 12.5. The number of nitrogens with zero attached hydrogens (tertiary/aromatic N) is 1. The standard InChI is InChI=1S/C19H36N4O2/c1-14(2)12-21-19(25)23-9-5-6-15(13-23)10-18(24)22-17-8-4-3-7-16(17)11-20/h14-17H,3-13,20H2,1-2H3,(H,21,25)(H,22,24). The van der Waals surface area contributed by atoms with Crippen LogP contribution in [0.2, 0.25) is 0 Å². The van der Waals surface area contributed by atoms with Crippen LogP contribution in [0.25, 0.3) is 0 Å². The van der Waals surface area contributed by atoms with Crippen molar-refractivity contribution in [3.8, 4) is 0 Å². The number of hydrogen-bond donors (Lipinski definition) is 3. The summed E-state index contributed by atoms with van der Waals surface area (Å²) in [5, 5.41) is 6.19. The van der Waals surface area contributed by atoms with Gasteiger partial charge in [0, 0.05) is 32.1 Å². The fourth-order valence-corrected chi connectivity index (χ4v) is 4.03. The van der Waals surface area contributed by atoms with Crippen molar-refractivity contribution >= 4 is 11.9 Å². The number of hydrogen-bond acceptors (Lipinski definition) is 3. The van der Waals surface area contributed by atoms with Crippen LogP contribution in [0.4, 0.5) is 4.79 Å². The molecule has 1 heterocycles. The van der Waals surface area contributed by atoms with Crippen molar-refractivity contribution in [2.45, 2.75) is 64.8 Å². The molecule has 0 aromatic heterocycles. The van der Waals surface area contributed by atoms with Crippen molar-refractivity contribution in [2.75, 3.05) is 26.2 Å². The molecule has 144 valence electrons. The molecule has 0 aromatic rings. The summed E-state index contributed by atoms with van der Waals surface area (Å²) in [5.41, 5.74) is 5.85. The summed E-state index contributed by atoms with van der Waals surface area (Å²) >= 11 is 0. The Morgan fingerprint density at radius 3 is 2.64 bits per heavy atom. The second-order valence-corrected chi connectivity index (χ2v) is 8.19. The first-order chi connectivity index (χ1) is 12.0. The van der Waals surface area contributed by atoms with E-state index in [-0.39, 0.29) is 23.9 Å². The molecule has 6 nitrogen and oxygen atoms in total. The van der Waals surface area contributed by atoms with Crippen molar-refractivity contribution in [1.82, 2.24) is 15.5 Å². The number of piperidine rings is 1. The maximum Gasteiger partial charge on any atom is 0.317 e. The number of nitrogens with two attached hydrogens (primary N) is 1. The zero-order chi connectivity index (χ0) is 18.2. The van der Waals surface area contributed by atoms with E-state index in [4.69, 9.17) is 5.73 Å². The van der Waals surface area contributed by atoms with Gasteiger partial charge in [0.05, 0.1) is 0 Å². The average Bonchev–Trinajstić information content (AvgIpc) is 2.60. The molecule has 2 aliphatic rings. The highest BCUT2D eigenvalue weighted by Crippen LogP contribution is 2.24. The van der Waals surface area contributed by atoms with Gasteiger partial charge in [-0.1, -0.05) is 26.7 Å². The molecule has 6 heteroatoms. The van der Waals surface area contributed by atoms with Gasteiger partial charge in [-0.2, -0.15) is 0 Å². The van der Waals surface area contributed by atoms with E-state index in [1.165, 1.54) is 12.8 Å². The van der Waals surface area contributed by atoms with Crippen LogP contribution in [-0.2, 0) is 4.79 Å². The summed E-state index contributed by atoms with van der Waals surface area (Å²) in [6.07, 6.45) is 7.07. The quantitative estimate of drug-likeness (QED) is 0.684. The Kier molecular flexibility index (Phi) is 8.00. The second-order valence-electron chi connectivity index (χ2n) is 8.19. The van der Waals surface area contributed by atoms with Crippen LogP contribution in [0.5, 0.6) is 0 Å². The lowest BCUT2D eigenvalue weighted by Gasteiger charge is -2.34. The molecule has 2 fully saturated rings. The predicted octanol–water partition coefficient (Wildman–Crippen LogP) is 2.09. The second kappa shape index (κ2) is 10.00. The highest BCUT2D eigenvalue weighted by Gasteiger charge is 2.28. The van der Waals surface area contributed by atoms with Gasteiger partial charge in [-0.3, -0.25) is 4.79 Å². The lowest BCUT2D eigenvalue weighted by atomic mass is 9.84. The van der Waals surface area contributed by atoms with E-state index in [9.17, 15) is 9.59 Å². The molecule has 0 bridgehead atoms. The fourth-order valence-electron chi connectivity index (χ4n) is 4.03. The van der Waals surface area contributed by atoms with Crippen molar-refractivity contribution in [3.05, 3.63) is 0 Å². The van der Waals surface area contributed by atoms with Gasteiger partial charge in [-0.15, -0.1) is 0 Å². The van der Waals surface area contributed by atoms with Gasteiger partial charge in [-0.05, 0) is 50.0 Å². The molecule has 1 aliphatic heterocycles. The van der Waals surface area contributed by atoms with E-state index in [2.05, 4.69) is 24.5 Å². The summed E-state index contributed by atoms with van der Waals surface area (Å²) < 4.78 is 0. The number of urea groups is 1. The number of carbonyl (C=O) groups is 2. The van der Waals surface area contributed by atoms with Gasteiger partial charge in [-0.25, -0.2) is 4.79 Å². The summed E-state index contributed by atoms with van der Waals surface area (Å²) in [5.74, 6) is 1.25. The first kappa shape index (κ1) is 20.0. The molecule has 1 aliphatic carbocycles. The highest BCUT2D eigenvalue weighted by atomic mass is 16.2. The Bertz CT molecular complexity index is 441. The third-order valence-electron chi connectivity index (χ3n) is 5.50. The van der Waals surface area contributed by atoms with E-state index in [1.807, 2.05) is 4.90 Å². The molecule has 4 N–H and O–H groups in total. The Morgan fingerprint density at radius 1 is 1.16 bits per heavy atom. The smallest absolute Gasteiger partial charge is 0.317 e. The topological polar surface area (TPSA) is 87.5 Å². The van der Waals surface area contributed by atoms with E-state index >= 15 is 0 Å². The van der Waals surface area contributed by atoms with Gasteiger partial charge in [0.25, 0.3) is 0 Å². The van der Waals surface area contributed by atoms with Crippen molar-refractivity contribution < 1.29 is 9.59 Å². The first-order valence-electron chi connectivity index (χ1n) is 10.0. The first-order valence-corrected chi connectivity index (χ1v) is 10.0. The van der Waals surface area contributed by atoms with Crippen LogP contribution in [0, 0.1) is 17.8 Å². The fraction of sp³-hybridized carbons (Fsp3) is 0.895. The van der Waals surface area contributed by atoms with Crippen LogP contribution in [-0.4, -0.2) is 49.1 Å². The Labute approximate surface area is 152 Å². The minimum atomic E-state index is 0.00860. The lowest BCUT2D eigenvalue weighted by Crippen LogP contribution is -2.48. The van der Waals surface area contributed by atoms with Gasteiger partial charge in [0.15, 0.2) is 0 Å². The SMILES string of the molecule is CC(C)CNC(=O)N1CCCC(CC(=O)NC2CCCCC2CN)C1. The molecule has 0 spiro atoms. The molecule has 1 saturated carbocycles.